The number of likely N-dealkylation sites (tertiary alicyclic amines) is 1. The Morgan fingerprint density at radius 1 is 1.06 bits per heavy atom. The maximum Gasteiger partial charge on any atom is 0.416 e. The van der Waals surface area contributed by atoms with Crippen molar-refractivity contribution in [3.8, 4) is 5.75 Å². The van der Waals surface area contributed by atoms with E-state index < -0.39 is 33.5 Å². The van der Waals surface area contributed by atoms with Gasteiger partial charge in [0.05, 0.1) is 17.4 Å². The molecule has 1 aliphatic heterocycles. The van der Waals surface area contributed by atoms with Crippen molar-refractivity contribution in [2.45, 2.75) is 50.4 Å². The summed E-state index contributed by atoms with van der Waals surface area (Å²) in [6.07, 6.45) is -0.741. The van der Waals surface area contributed by atoms with Crippen LogP contribution < -0.4 is 9.46 Å². The lowest BCUT2D eigenvalue weighted by Gasteiger charge is -2.32. The number of benzene rings is 2. The van der Waals surface area contributed by atoms with E-state index in [1.807, 2.05) is 4.72 Å². The average molecular weight is 515 g/mol. The molecule has 1 amide bonds. The summed E-state index contributed by atoms with van der Waals surface area (Å²) in [7, 11) is -3.81. The molecule has 2 fully saturated rings. The third-order valence-electron chi connectivity index (χ3n) is 6.19. The summed E-state index contributed by atoms with van der Waals surface area (Å²) < 4.78 is 83.8. The van der Waals surface area contributed by atoms with Gasteiger partial charge in [-0.15, -0.1) is 0 Å². The highest BCUT2D eigenvalue weighted by Gasteiger charge is 2.33. The highest BCUT2D eigenvalue weighted by atomic mass is 32.2. The Kier molecular flexibility index (Phi) is 7.10. The van der Waals surface area contributed by atoms with Gasteiger partial charge in [0.25, 0.3) is 5.91 Å². The monoisotopic (exact) mass is 514 g/mol. The van der Waals surface area contributed by atoms with E-state index in [1.54, 1.807) is 6.07 Å². The predicted molar refractivity (Wildman–Crippen MR) is 121 cm³/mol. The van der Waals surface area contributed by atoms with Crippen LogP contribution in [0.3, 0.4) is 0 Å². The van der Waals surface area contributed by atoms with Crippen molar-refractivity contribution < 1.29 is 35.5 Å². The molecule has 2 aliphatic rings. The number of amides is 1. The first-order chi connectivity index (χ1) is 16.4. The van der Waals surface area contributed by atoms with Gasteiger partial charge in [-0.2, -0.15) is 13.2 Å². The quantitative estimate of drug-likeness (QED) is 0.553. The lowest BCUT2D eigenvalue weighted by atomic mass is 9.97. The van der Waals surface area contributed by atoms with Crippen LogP contribution in [0.1, 0.15) is 58.6 Å². The van der Waals surface area contributed by atoms with Gasteiger partial charge in [0, 0.05) is 19.6 Å². The molecule has 0 radical (unpaired) electrons. The fraction of sp³-hybridized carbons (Fsp3) is 0.458. The molecule has 6 nitrogen and oxygen atoms in total. The number of hydrogen-bond donors (Lipinski definition) is 1. The van der Waals surface area contributed by atoms with Gasteiger partial charge in [0.15, 0.2) is 0 Å². The van der Waals surface area contributed by atoms with Crippen molar-refractivity contribution in [1.82, 2.24) is 9.62 Å². The van der Waals surface area contributed by atoms with Crippen LogP contribution in [0, 0.1) is 5.82 Å². The minimum absolute atomic E-state index is 0.0107. The molecule has 2 aromatic carbocycles. The van der Waals surface area contributed by atoms with E-state index in [9.17, 15) is 26.4 Å². The predicted octanol–water partition coefficient (Wildman–Crippen LogP) is 4.45. The molecule has 2 aromatic rings. The minimum Gasteiger partial charge on any atom is -0.490 e. The number of halogens is 4. The lowest BCUT2D eigenvalue weighted by Crippen LogP contribution is -2.38. The van der Waals surface area contributed by atoms with Gasteiger partial charge in [-0.05, 0) is 73.1 Å². The number of rotatable bonds is 7. The molecular formula is C24H26F4N2O4S. The first kappa shape index (κ1) is 25.4. The summed E-state index contributed by atoms with van der Waals surface area (Å²) in [5.74, 6) is -1.26. The van der Waals surface area contributed by atoms with Crippen LogP contribution in [-0.4, -0.2) is 44.7 Å². The third kappa shape index (κ3) is 6.52. The van der Waals surface area contributed by atoms with E-state index in [2.05, 4.69) is 4.90 Å². The second kappa shape index (κ2) is 9.77. The molecule has 0 spiro atoms. The Labute approximate surface area is 201 Å². The second-order valence-electron chi connectivity index (χ2n) is 9.09. The molecule has 0 aromatic heterocycles. The van der Waals surface area contributed by atoms with Gasteiger partial charge in [0.1, 0.15) is 17.7 Å². The van der Waals surface area contributed by atoms with Crippen LogP contribution in [-0.2, 0) is 22.7 Å². The summed E-state index contributed by atoms with van der Waals surface area (Å²) in [4.78, 5) is 14.4. The molecule has 190 valence electrons. The van der Waals surface area contributed by atoms with Crippen molar-refractivity contribution in [2.24, 2.45) is 0 Å². The maximum atomic E-state index is 15.2. The zero-order valence-electron chi connectivity index (χ0n) is 19.1. The van der Waals surface area contributed by atoms with Crippen molar-refractivity contribution in [3.63, 3.8) is 0 Å². The highest BCUT2D eigenvalue weighted by Crippen LogP contribution is 2.44. The molecule has 0 atom stereocenters. The van der Waals surface area contributed by atoms with E-state index in [0.29, 0.717) is 43.8 Å². The van der Waals surface area contributed by atoms with Crippen LogP contribution in [0.4, 0.5) is 17.6 Å². The Bertz CT molecular complexity index is 1190. The van der Waals surface area contributed by atoms with Crippen LogP contribution >= 0.6 is 0 Å². The first-order valence-corrected chi connectivity index (χ1v) is 13.2. The van der Waals surface area contributed by atoms with Crippen LogP contribution in [0.2, 0.25) is 0 Å². The number of carbonyl (C=O) groups excluding carboxylic acids is 1. The maximum absolute atomic E-state index is 15.2. The summed E-state index contributed by atoms with van der Waals surface area (Å²) >= 11 is 0. The first-order valence-electron chi connectivity index (χ1n) is 11.3. The van der Waals surface area contributed by atoms with E-state index in [1.165, 1.54) is 18.2 Å². The molecular weight excluding hydrogens is 488 g/mol. The van der Waals surface area contributed by atoms with E-state index in [4.69, 9.17) is 4.74 Å². The van der Waals surface area contributed by atoms with Crippen molar-refractivity contribution >= 4 is 15.9 Å². The molecule has 1 aliphatic carbocycles. The average Bonchev–Trinajstić information content (AvgIpc) is 3.59. The van der Waals surface area contributed by atoms with Crippen LogP contribution in [0.15, 0.2) is 36.4 Å². The third-order valence-corrected chi connectivity index (χ3v) is 6.75. The van der Waals surface area contributed by atoms with Crippen LogP contribution in [0.5, 0.6) is 5.75 Å². The summed E-state index contributed by atoms with van der Waals surface area (Å²) in [6, 6.07) is 7.63. The second-order valence-corrected chi connectivity index (χ2v) is 10.8. The van der Waals surface area contributed by atoms with Crippen molar-refractivity contribution in [2.75, 3.05) is 19.3 Å². The van der Waals surface area contributed by atoms with E-state index >= 15 is 4.39 Å². The van der Waals surface area contributed by atoms with Gasteiger partial charge in [-0.3, -0.25) is 9.69 Å². The Morgan fingerprint density at radius 3 is 2.23 bits per heavy atom. The molecule has 1 saturated carbocycles. The van der Waals surface area contributed by atoms with Gasteiger partial charge in [-0.1, -0.05) is 6.07 Å². The van der Waals surface area contributed by atoms with Gasteiger partial charge < -0.3 is 4.74 Å². The van der Waals surface area contributed by atoms with E-state index in [0.717, 1.165) is 36.8 Å². The lowest BCUT2D eigenvalue weighted by molar-refractivity contribution is -0.137. The fourth-order valence-electron chi connectivity index (χ4n) is 4.32. The number of piperidine rings is 1. The number of hydrogen-bond acceptors (Lipinski definition) is 5. The molecule has 0 bridgehead atoms. The SMILES string of the molecule is CS(=O)(=O)NC(=O)c1ccc(CN2CCC(Oc3ccc(C(F)(F)F)cc3)CC2)c(C2CC2)c1F. The normalized spacial score (nSPS) is 17.9. The summed E-state index contributed by atoms with van der Waals surface area (Å²) in [5.41, 5.74) is 0.222. The largest absolute Gasteiger partial charge is 0.490 e. The molecule has 1 N–H and O–H groups in total. The van der Waals surface area contributed by atoms with Gasteiger partial charge in [0.2, 0.25) is 10.0 Å². The topological polar surface area (TPSA) is 75.7 Å². The molecule has 1 heterocycles. The standard InChI is InChI=1S/C24H26F4N2O4S/c1-35(32,33)29-23(31)20-9-4-16(21(22(20)25)15-2-3-15)14-30-12-10-19(11-13-30)34-18-7-5-17(6-8-18)24(26,27)28/h4-9,15,19H,2-3,10-14H2,1H3,(H,29,31). The Morgan fingerprint density at radius 2 is 1.69 bits per heavy atom. The Hall–Kier alpha value is -2.66. The fourth-order valence-corrected chi connectivity index (χ4v) is 4.77. The molecule has 35 heavy (non-hydrogen) atoms. The molecule has 1 saturated heterocycles. The molecule has 4 rings (SSSR count). The highest BCUT2D eigenvalue weighted by molar-refractivity contribution is 7.89. The number of nitrogens with zero attached hydrogens (tertiary/aromatic N) is 1. The molecule has 11 heteroatoms. The van der Waals surface area contributed by atoms with Gasteiger partial charge in [-0.25, -0.2) is 17.5 Å². The summed E-state index contributed by atoms with van der Waals surface area (Å²) in [5, 5.41) is 0. The molecule has 0 unspecified atom stereocenters. The van der Waals surface area contributed by atoms with E-state index in [-0.39, 0.29) is 17.6 Å². The zero-order chi connectivity index (χ0) is 25.4. The minimum atomic E-state index is -4.39. The smallest absolute Gasteiger partial charge is 0.416 e. The number of sulfonamides is 1. The van der Waals surface area contributed by atoms with Crippen molar-refractivity contribution in [1.29, 1.82) is 0 Å². The Balaban J connectivity index is 1.38. The number of ether oxygens (including phenoxy) is 1. The van der Waals surface area contributed by atoms with Gasteiger partial charge >= 0.3 is 6.18 Å². The summed E-state index contributed by atoms with van der Waals surface area (Å²) in [6.45, 7) is 1.80. The number of alkyl halides is 3. The van der Waals surface area contributed by atoms with Crippen LogP contribution in [0.25, 0.3) is 0 Å². The zero-order valence-corrected chi connectivity index (χ0v) is 19.9. The number of carbonyl (C=O) groups is 1. The number of nitrogens with one attached hydrogen (secondary N) is 1. The van der Waals surface area contributed by atoms with Crippen molar-refractivity contribution in [3.05, 3.63) is 64.5 Å².